The molecule has 2 aromatic rings. The highest BCUT2D eigenvalue weighted by Crippen LogP contribution is 2.22. The highest BCUT2D eigenvalue weighted by molar-refractivity contribution is 9.10. The molecule has 0 amide bonds. The zero-order valence-electron chi connectivity index (χ0n) is 12.3. The maximum atomic E-state index is 5.38. The SMILES string of the molecule is CCc1nn(CC)c(CNC(C)Cc2ccco2)c1Br. The summed E-state index contributed by atoms with van der Waals surface area (Å²) in [5.74, 6) is 1.02. The van der Waals surface area contributed by atoms with Gasteiger partial charge in [-0.2, -0.15) is 5.10 Å². The van der Waals surface area contributed by atoms with Crippen LogP contribution in [0.25, 0.3) is 0 Å². The third-order valence-electron chi connectivity index (χ3n) is 3.40. The summed E-state index contributed by atoms with van der Waals surface area (Å²) in [7, 11) is 0. The van der Waals surface area contributed by atoms with Crippen molar-refractivity contribution >= 4 is 15.9 Å². The van der Waals surface area contributed by atoms with E-state index in [-0.39, 0.29) is 0 Å². The summed E-state index contributed by atoms with van der Waals surface area (Å²) in [5.41, 5.74) is 2.35. The molecule has 1 N–H and O–H groups in total. The van der Waals surface area contributed by atoms with Crippen molar-refractivity contribution in [3.63, 3.8) is 0 Å². The fourth-order valence-electron chi connectivity index (χ4n) is 2.26. The maximum Gasteiger partial charge on any atom is 0.105 e. The van der Waals surface area contributed by atoms with E-state index in [1.807, 2.05) is 12.1 Å². The van der Waals surface area contributed by atoms with Crippen LogP contribution < -0.4 is 5.32 Å². The van der Waals surface area contributed by atoms with Crippen LogP contribution in [-0.4, -0.2) is 15.8 Å². The van der Waals surface area contributed by atoms with E-state index in [1.165, 1.54) is 5.69 Å². The first-order valence-electron chi connectivity index (χ1n) is 7.15. The number of hydrogen-bond acceptors (Lipinski definition) is 3. The van der Waals surface area contributed by atoms with Gasteiger partial charge in [-0.05, 0) is 48.3 Å². The van der Waals surface area contributed by atoms with Gasteiger partial charge >= 0.3 is 0 Å². The highest BCUT2D eigenvalue weighted by Gasteiger charge is 2.14. The van der Waals surface area contributed by atoms with Gasteiger partial charge < -0.3 is 9.73 Å². The zero-order valence-corrected chi connectivity index (χ0v) is 13.9. The van der Waals surface area contributed by atoms with Crippen molar-refractivity contribution in [3.05, 3.63) is 40.0 Å². The number of nitrogens with zero attached hydrogens (tertiary/aromatic N) is 2. The Balaban J connectivity index is 1.97. The molecule has 0 saturated heterocycles. The molecule has 0 saturated carbocycles. The second-order valence-electron chi connectivity index (χ2n) is 4.94. The molecule has 0 aliphatic rings. The third-order valence-corrected chi connectivity index (χ3v) is 4.31. The lowest BCUT2D eigenvalue weighted by atomic mass is 10.2. The number of rotatable bonds is 7. The molecule has 0 aliphatic carbocycles. The van der Waals surface area contributed by atoms with Crippen LogP contribution in [0.2, 0.25) is 0 Å². The minimum absolute atomic E-state index is 0.360. The summed E-state index contributed by atoms with van der Waals surface area (Å²) in [6.07, 6.45) is 3.56. The van der Waals surface area contributed by atoms with Crippen LogP contribution in [0.3, 0.4) is 0 Å². The fourth-order valence-corrected chi connectivity index (χ4v) is 2.96. The Bertz CT molecular complexity index is 534. The molecule has 2 aromatic heterocycles. The normalized spacial score (nSPS) is 12.8. The van der Waals surface area contributed by atoms with Crippen molar-refractivity contribution in [2.24, 2.45) is 0 Å². The van der Waals surface area contributed by atoms with E-state index in [4.69, 9.17) is 4.42 Å². The maximum absolute atomic E-state index is 5.38. The van der Waals surface area contributed by atoms with Crippen LogP contribution in [0.5, 0.6) is 0 Å². The minimum Gasteiger partial charge on any atom is -0.469 e. The molecule has 2 heterocycles. The molecule has 110 valence electrons. The number of nitrogens with one attached hydrogen (secondary N) is 1. The van der Waals surface area contributed by atoms with Crippen LogP contribution in [-0.2, 0) is 25.9 Å². The van der Waals surface area contributed by atoms with Crippen LogP contribution in [0.4, 0.5) is 0 Å². The van der Waals surface area contributed by atoms with Gasteiger partial charge in [0, 0.05) is 25.6 Å². The molecule has 0 aliphatic heterocycles. The standard InChI is InChI=1S/C15H22BrN3O/c1-4-13-15(16)14(19(5-2)18-13)10-17-11(3)9-12-7-6-8-20-12/h6-8,11,17H,4-5,9-10H2,1-3H3. The lowest BCUT2D eigenvalue weighted by Crippen LogP contribution is -2.28. The molecular formula is C15H22BrN3O. The molecule has 1 atom stereocenters. The molecule has 0 spiro atoms. The van der Waals surface area contributed by atoms with E-state index in [9.17, 15) is 0 Å². The Kier molecular flexibility index (Phi) is 5.43. The second-order valence-corrected chi connectivity index (χ2v) is 5.74. The summed E-state index contributed by atoms with van der Waals surface area (Å²) in [6.45, 7) is 8.12. The van der Waals surface area contributed by atoms with Crippen molar-refractivity contribution in [1.29, 1.82) is 0 Å². The Morgan fingerprint density at radius 1 is 1.45 bits per heavy atom. The van der Waals surface area contributed by atoms with E-state index in [2.05, 4.69) is 51.8 Å². The van der Waals surface area contributed by atoms with E-state index in [1.54, 1.807) is 6.26 Å². The van der Waals surface area contributed by atoms with E-state index >= 15 is 0 Å². The topological polar surface area (TPSA) is 43.0 Å². The van der Waals surface area contributed by atoms with Crippen LogP contribution in [0.1, 0.15) is 37.9 Å². The van der Waals surface area contributed by atoms with Crippen LogP contribution in [0, 0.1) is 0 Å². The summed E-state index contributed by atoms with van der Waals surface area (Å²) in [6, 6.07) is 4.30. The Labute approximate surface area is 128 Å². The summed E-state index contributed by atoms with van der Waals surface area (Å²) < 4.78 is 8.58. The number of aromatic nitrogens is 2. The molecule has 0 aromatic carbocycles. The van der Waals surface area contributed by atoms with Crippen molar-refractivity contribution in [2.75, 3.05) is 0 Å². The van der Waals surface area contributed by atoms with Gasteiger partial charge in [-0.25, -0.2) is 0 Å². The van der Waals surface area contributed by atoms with Gasteiger partial charge in [0.15, 0.2) is 0 Å². The molecule has 5 heteroatoms. The molecule has 0 fully saturated rings. The lowest BCUT2D eigenvalue weighted by molar-refractivity contribution is 0.449. The lowest BCUT2D eigenvalue weighted by Gasteiger charge is -2.13. The van der Waals surface area contributed by atoms with E-state index in [0.717, 1.165) is 41.9 Å². The first-order valence-corrected chi connectivity index (χ1v) is 7.94. The first kappa shape index (κ1) is 15.3. The number of hydrogen-bond donors (Lipinski definition) is 1. The third kappa shape index (κ3) is 3.52. The highest BCUT2D eigenvalue weighted by atomic mass is 79.9. The van der Waals surface area contributed by atoms with E-state index in [0.29, 0.717) is 6.04 Å². The van der Waals surface area contributed by atoms with Gasteiger partial charge in [0.25, 0.3) is 0 Å². The van der Waals surface area contributed by atoms with Crippen molar-refractivity contribution in [1.82, 2.24) is 15.1 Å². The molecule has 0 bridgehead atoms. The van der Waals surface area contributed by atoms with Crippen LogP contribution in [0.15, 0.2) is 27.3 Å². The van der Waals surface area contributed by atoms with Crippen molar-refractivity contribution in [2.45, 2.75) is 52.7 Å². The van der Waals surface area contributed by atoms with Gasteiger partial charge in [-0.15, -0.1) is 0 Å². The molecule has 0 radical (unpaired) electrons. The van der Waals surface area contributed by atoms with E-state index < -0.39 is 0 Å². The van der Waals surface area contributed by atoms with Gasteiger partial charge in [0.2, 0.25) is 0 Å². The predicted octanol–water partition coefficient (Wildman–Crippen LogP) is 3.54. The summed E-state index contributed by atoms with van der Waals surface area (Å²) >= 11 is 3.67. The van der Waals surface area contributed by atoms with Gasteiger partial charge in [-0.1, -0.05) is 6.92 Å². The fraction of sp³-hybridized carbons (Fsp3) is 0.533. The Morgan fingerprint density at radius 2 is 2.25 bits per heavy atom. The number of halogens is 1. The molecule has 2 rings (SSSR count). The minimum atomic E-state index is 0.360. The second kappa shape index (κ2) is 7.09. The summed E-state index contributed by atoms with van der Waals surface area (Å²) in [5, 5.41) is 8.15. The molecule has 20 heavy (non-hydrogen) atoms. The molecule has 4 nitrogen and oxygen atoms in total. The Morgan fingerprint density at radius 3 is 2.85 bits per heavy atom. The average Bonchev–Trinajstić information content (AvgIpc) is 3.04. The van der Waals surface area contributed by atoms with Crippen LogP contribution >= 0.6 is 15.9 Å². The largest absolute Gasteiger partial charge is 0.469 e. The number of aryl methyl sites for hydroxylation is 2. The quantitative estimate of drug-likeness (QED) is 0.838. The smallest absolute Gasteiger partial charge is 0.105 e. The average molecular weight is 340 g/mol. The molecular weight excluding hydrogens is 318 g/mol. The van der Waals surface area contributed by atoms with Crippen molar-refractivity contribution < 1.29 is 4.42 Å². The van der Waals surface area contributed by atoms with Crippen molar-refractivity contribution in [3.8, 4) is 0 Å². The summed E-state index contributed by atoms with van der Waals surface area (Å²) in [4.78, 5) is 0. The number of furan rings is 1. The predicted molar refractivity (Wildman–Crippen MR) is 83.7 cm³/mol. The van der Waals surface area contributed by atoms with Gasteiger partial charge in [0.1, 0.15) is 5.76 Å². The Hall–Kier alpha value is -1.07. The van der Waals surface area contributed by atoms with Gasteiger partial charge in [0.05, 0.1) is 22.1 Å². The zero-order chi connectivity index (χ0) is 14.5. The monoisotopic (exact) mass is 339 g/mol. The molecule has 1 unspecified atom stereocenters. The first-order chi connectivity index (χ1) is 9.65. The van der Waals surface area contributed by atoms with Gasteiger partial charge in [-0.3, -0.25) is 4.68 Å².